The second-order valence-corrected chi connectivity index (χ2v) is 8.10. The lowest BCUT2D eigenvalue weighted by Gasteiger charge is -2.15. The van der Waals surface area contributed by atoms with E-state index in [9.17, 15) is 29.4 Å². The first-order chi connectivity index (χ1) is 16.0. The molecule has 174 valence electrons. The van der Waals surface area contributed by atoms with Gasteiger partial charge in [-0.1, -0.05) is 24.3 Å². The maximum atomic E-state index is 13.0. The number of carboxylic acids is 2. The van der Waals surface area contributed by atoms with Gasteiger partial charge in [-0.25, -0.2) is 9.59 Å². The molecule has 4 N–H and O–H groups in total. The summed E-state index contributed by atoms with van der Waals surface area (Å²) in [5.41, 5.74) is 2.48. The zero-order valence-corrected chi connectivity index (χ0v) is 19.1. The van der Waals surface area contributed by atoms with Gasteiger partial charge in [-0.15, -0.1) is 0 Å². The minimum Gasteiger partial charge on any atom is -0.478 e. The molecule has 0 aliphatic carbocycles. The van der Waals surface area contributed by atoms with Crippen LogP contribution in [0.25, 0.3) is 0 Å². The SMILES string of the molecule is Cc1ccc(C)c(NC(=O)c2cc(C(=O)O)c(C(=O)Nc3cc(C)ccc3C)cc2C(=O)O)c1. The van der Waals surface area contributed by atoms with E-state index < -0.39 is 34.9 Å². The largest absolute Gasteiger partial charge is 0.478 e. The summed E-state index contributed by atoms with van der Waals surface area (Å²) in [6, 6.07) is 12.6. The maximum absolute atomic E-state index is 13.0. The Hall–Kier alpha value is -4.46. The Morgan fingerprint density at radius 2 is 0.912 bits per heavy atom. The minimum atomic E-state index is -1.47. The van der Waals surface area contributed by atoms with Crippen molar-refractivity contribution in [2.24, 2.45) is 0 Å². The van der Waals surface area contributed by atoms with E-state index in [4.69, 9.17) is 0 Å². The molecule has 0 saturated carbocycles. The number of aromatic carboxylic acids is 2. The minimum absolute atomic E-state index is 0.367. The standard InChI is InChI=1S/C26H24N2O6/c1-13-5-7-15(3)21(9-13)27-23(29)17-11-20(26(33)34)18(12-19(17)25(31)32)24(30)28-22-10-14(2)6-8-16(22)4/h5-12H,1-4H3,(H,27,29)(H,28,30)(H,31,32)(H,33,34). The van der Waals surface area contributed by atoms with Gasteiger partial charge in [-0.3, -0.25) is 9.59 Å². The third-order valence-corrected chi connectivity index (χ3v) is 5.39. The van der Waals surface area contributed by atoms with Crippen LogP contribution in [-0.2, 0) is 0 Å². The van der Waals surface area contributed by atoms with E-state index in [1.54, 1.807) is 38.1 Å². The molecule has 0 fully saturated rings. The molecule has 3 aromatic rings. The lowest BCUT2D eigenvalue weighted by atomic mass is 9.96. The molecule has 0 saturated heterocycles. The van der Waals surface area contributed by atoms with Crippen molar-refractivity contribution < 1.29 is 29.4 Å². The number of hydrogen-bond donors (Lipinski definition) is 4. The Labute approximate surface area is 196 Å². The van der Waals surface area contributed by atoms with Crippen molar-refractivity contribution in [3.63, 3.8) is 0 Å². The molecule has 34 heavy (non-hydrogen) atoms. The van der Waals surface area contributed by atoms with E-state index in [2.05, 4.69) is 10.6 Å². The fourth-order valence-electron chi connectivity index (χ4n) is 3.45. The average Bonchev–Trinajstić information content (AvgIpc) is 2.77. The third-order valence-electron chi connectivity index (χ3n) is 5.39. The van der Waals surface area contributed by atoms with Gasteiger partial charge in [0.2, 0.25) is 0 Å². The summed E-state index contributed by atoms with van der Waals surface area (Å²) in [5.74, 6) is -4.53. The van der Waals surface area contributed by atoms with Crippen LogP contribution in [0.1, 0.15) is 63.7 Å². The molecule has 0 aromatic heterocycles. The molecule has 0 radical (unpaired) electrons. The van der Waals surface area contributed by atoms with E-state index >= 15 is 0 Å². The quantitative estimate of drug-likeness (QED) is 0.417. The van der Waals surface area contributed by atoms with Gasteiger partial charge < -0.3 is 20.8 Å². The zero-order valence-electron chi connectivity index (χ0n) is 19.1. The highest BCUT2D eigenvalue weighted by atomic mass is 16.4. The van der Waals surface area contributed by atoms with E-state index in [0.717, 1.165) is 34.4 Å². The van der Waals surface area contributed by atoms with Gasteiger partial charge in [-0.2, -0.15) is 0 Å². The number of nitrogens with one attached hydrogen (secondary N) is 2. The molecule has 0 unspecified atom stereocenters. The van der Waals surface area contributed by atoms with Gasteiger partial charge in [0.25, 0.3) is 11.8 Å². The number of carboxylic acid groups (broad SMARTS) is 2. The van der Waals surface area contributed by atoms with Crippen LogP contribution in [0, 0.1) is 27.7 Å². The van der Waals surface area contributed by atoms with E-state index in [0.29, 0.717) is 11.4 Å². The molecule has 0 heterocycles. The van der Waals surface area contributed by atoms with Gasteiger partial charge >= 0.3 is 11.9 Å². The smallest absolute Gasteiger partial charge is 0.336 e. The van der Waals surface area contributed by atoms with Crippen LogP contribution < -0.4 is 10.6 Å². The van der Waals surface area contributed by atoms with Crippen LogP contribution >= 0.6 is 0 Å². The normalized spacial score (nSPS) is 10.5. The molecule has 0 aliphatic rings. The molecule has 0 bridgehead atoms. The van der Waals surface area contributed by atoms with Crippen molar-refractivity contribution in [2.75, 3.05) is 10.6 Å². The van der Waals surface area contributed by atoms with Gasteiger partial charge in [0.15, 0.2) is 0 Å². The summed E-state index contributed by atoms with van der Waals surface area (Å²) in [6.45, 7) is 7.22. The fraction of sp³-hybridized carbons (Fsp3) is 0.154. The van der Waals surface area contributed by atoms with Crippen molar-refractivity contribution in [2.45, 2.75) is 27.7 Å². The predicted octanol–water partition coefficient (Wildman–Crippen LogP) is 4.82. The topological polar surface area (TPSA) is 133 Å². The Morgan fingerprint density at radius 3 is 1.24 bits per heavy atom. The lowest BCUT2D eigenvalue weighted by Crippen LogP contribution is -2.22. The third kappa shape index (κ3) is 5.12. The summed E-state index contributed by atoms with van der Waals surface area (Å²) in [7, 11) is 0. The summed E-state index contributed by atoms with van der Waals surface area (Å²) in [6.07, 6.45) is 0. The predicted molar refractivity (Wildman–Crippen MR) is 128 cm³/mol. The Balaban J connectivity index is 2.07. The molecular weight excluding hydrogens is 436 g/mol. The highest BCUT2D eigenvalue weighted by Gasteiger charge is 2.26. The molecule has 0 spiro atoms. The fourth-order valence-corrected chi connectivity index (χ4v) is 3.45. The number of anilines is 2. The van der Waals surface area contributed by atoms with Gasteiger partial charge in [0, 0.05) is 11.4 Å². The molecule has 0 aliphatic heterocycles. The monoisotopic (exact) mass is 460 g/mol. The molecule has 3 aromatic carbocycles. The first-order valence-electron chi connectivity index (χ1n) is 10.4. The van der Waals surface area contributed by atoms with E-state index in [-0.39, 0.29) is 11.1 Å². The van der Waals surface area contributed by atoms with Crippen LogP contribution in [0.2, 0.25) is 0 Å². The number of hydrogen-bond acceptors (Lipinski definition) is 4. The number of amides is 2. The lowest BCUT2D eigenvalue weighted by molar-refractivity contribution is 0.0677. The van der Waals surface area contributed by atoms with E-state index in [1.807, 2.05) is 26.0 Å². The summed E-state index contributed by atoms with van der Waals surface area (Å²) >= 11 is 0. The van der Waals surface area contributed by atoms with Crippen LogP contribution in [0.15, 0.2) is 48.5 Å². The highest BCUT2D eigenvalue weighted by molar-refractivity contribution is 6.16. The first kappa shape index (κ1) is 24.2. The first-order valence-corrected chi connectivity index (χ1v) is 10.4. The molecule has 3 rings (SSSR count). The molecular formula is C26H24N2O6. The van der Waals surface area contributed by atoms with Crippen molar-refractivity contribution >= 4 is 35.1 Å². The Bertz CT molecular complexity index is 1240. The zero-order chi connectivity index (χ0) is 25.2. The van der Waals surface area contributed by atoms with Crippen LogP contribution in [0.4, 0.5) is 11.4 Å². The Kier molecular flexibility index (Phi) is 6.81. The van der Waals surface area contributed by atoms with Crippen LogP contribution in [-0.4, -0.2) is 34.0 Å². The number of rotatable bonds is 6. The molecule has 2 amide bonds. The van der Waals surface area contributed by atoms with Gasteiger partial charge in [0.1, 0.15) is 0 Å². The second kappa shape index (κ2) is 9.58. The van der Waals surface area contributed by atoms with Gasteiger partial charge in [0.05, 0.1) is 22.3 Å². The van der Waals surface area contributed by atoms with Crippen molar-refractivity contribution in [1.29, 1.82) is 0 Å². The highest BCUT2D eigenvalue weighted by Crippen LogP contribution is 2.24. The molecule has 8 nitrogen and oxygen atoms in total. The number of carbonyl (C=O) groups is 4. The number of aryl methyl sites for hydroxylation is 4. The number of carbonyl (C=O) groups excluding carboxylic acids is 2. The second-order valence-electron chi connectivity index (χ2n) is 8.10. The Morgan fingerprint density at radius 1 is 0.559 bits per heavy atom. The van der Waals surface area contributed by atoms with Crippen molar-refractivity contribution in [3.8, 4) is 0 Å². The number of benzene rings is 3. The molecule has 8 heteroatoms. The van der Waals surface area contributed by atoms with Gasteiger partial charge in [-0.05, 0) is 74.2 Å². The van der Waals surface area contributed by atoms with E-state index in [1.165, 1.54) is 0 Å². The summed E-state index contributed by atoms with van der Waals surface area (Å²) < 4.78 is 0. The van der Waals surface area contributed by atoms with Crippen LogP contribution in [0.3, 0.4) is 0 Å². The maximum Gasteiger partial charge on any atom is 0.336 e. The van der Waals surface area contributed by atoms with Crippen molar-refractivity contribution in [1.82, 2.24) is 0 Å². The van der Waals surface area contributed by atoms with Crippen LogP contribution in [0.5, 0.6) is 0 Å². The average molecular weight is 460 g/mol. The van der Waals surface area contributed by atoms with Crippen molar-refractivity contribution in [3.05, 3.63) is 93.0 Å². The molecule has 0 atom stereocenters. The summed E-state index contributed by atoms with van der Waals surface area (Å²) in [4.78, 5) is 49.8. The summed E-state index contributed by atoms with van der Waals surface area (Å²) in [5, 5.41) is 24.7.